The Bertz CT molecular complexity index is 229. The molecule has 0 spiro atoms. The predicted molar refractivity (Wildman–Crippen MR) is 89.0 cm³/mol. The van der Waals surface area contributed by atoms with E-state index in [1.54, 1.807) is 7.11 Å². The number of hydrogen-bond acceptors (Lipinski definition) is 3. The fourth-order valence-electron chi connectivity index (χ4n) is 3.32. The van der Waals surface area contributed by atoms with E-state index >= 15 is 0 Å². The van der Waals surface area contributed by atoms with Gasteiger partial charge in [-0.05, 0) is 30.6 Å². The lowest BCUT2D eigenvalue weighted by atomic mass is 9.80. The third-order valence-corrected chi connectivity index (χ3v) is 3.78. The van der Waals surface area contributed by atoms with Crippen molar-refractivity contribution in [2.24, 2.45) is 23.5 Å². The zero-order chi connectivity index (χ0) is 15.8. The minimum Gasteiger partial charge on any atom is -0.383 e. The second kappa shape index (κ2) is 9.75. The third kappa shape index (κ3) is 7.05. The van der Waals surface area contributed by atoms with Gasteiger partial charge in [-0.2, -0.15) is 0 Å². The summed E-state index contributed by atoms with van der Waals surface area (Å²) in [5.74, 6) is 1.97. The van der Waals surface area contributed by atoms with Crippen LogP contribution in [-0.4, -0.2) is 43.8 Å². The summed E-state index contributed by atoms with van der Waals surface area (Å²) in [5.41, 5.74) is 6.39. The van der Waals surface area contributed by atoms with Gasteiger partial charge < -0.3 is 10.5 Å². The topological polar surface area (TPSA) is 38.5 Å². The summed E-state index contributed by atoms with van der Waals surface area (Å²) in [6.45, 7) is 17.4. The largest absolute Gasteiger partial charge is 0.383 e. The van der Waals surface area contributed by atoms with Gasteiger partial charge in [0.15, 0.2) is 0 Å². The molecule has 2 N–H and O–H groups in total. The number of methoxy groups -OCH3 is 1. The van der Waals surface area contributed by atoms with Crippen molar-refractivity contribution < 1.29 is 4.74 Å². The van der Waals surface area contributed by atoms with Crippen molar-refractivity contribution in [3.63, 3.8) is 0 Å². The molecule has 0 unspecified atom stereocenters. The Morgan fingerprint density at radius 3 is 1.75 bits per heavy atom. The molecular formula is C17H38N2O. The Kier molecular flexibility index (Phi) is 9.69. The van der Waals surface area contributed by atoms with Gasteiger partial charge in [0.25, 0.3) is 0 Å². The minimum atomic E-state index is 0.116. The van der Waals surface area contributed by atoms with Crippen molar-refractivity contribution in [2.75, 3.05) is 33.4 Å². The van der Waals surface area contributed by atoms with Crippen molar-refractivity contribution in [1.29, 1.82) is 0 Å². The highest BCUT2D eigenvalue weighted by molar-refractivity contribution is 4.94. The highest BCUT2D eigenvalue weighted by atomic mass is 16.5. The van der Waals surface area contributed by atoms with E-state index in [1.807, 2.05) is 0 Å². The summed E-state index contributed by atoms with van der Waals surface area (Å²) >= 11 is 0. The minimum absolute atomic E-state index is 0.116. The normalized spacial score (nSPS) is 13.2. The van der Waals surface area contributed by atoms with Crippen LogP contribution in [0.3, 0.4) is 0 Å². The first-order chi connectivity index (χ1) is 9.27. The van der Waals surface area contributed by atoms with Crippen LogP contribution < -0.4 is 5.73 Å². The molecule has 0 aromatic heterocycles. The summed E-state index contributed by atoms with van der Waals surface area (Å²) in [5, 5.41) is 0. The Hall–Kier alpha value is -0.120. The number of nitrogens with zero attached hydrogens (tertiary/aromatic N) is 1. The van der Waals surface area contributed by atoms with Crippen molar-refractivity contribution in [2.45, 2.75) is 59.9 Å². The summed E-state index contributed by atoms with van der Waals surface area (Å²) in [4.78, 5) is 2.60. The van der Waals surface area contributed by atoms with Crippen LogP contribution in [-0.2, 0) is 4.74 Å². The Morgan fingerprint density at radius 1 is 0.950 bits per heavy atom. The summed E-state index contributed by atoms with van der Waals surface area (Å²) < 4.78 is 5.32. The molecule has 0 bridgehead atoms. The molecule has 0 atom stereocenters. The van der Waals surface area contributed by atoms with E-state index in [0.29, 0.717) is 17.8 Å². The standard InChI is InChI=1S/C17H38N2O/c1-14(2)10-17(13-18,11-15(3)4)19(8-9-20-7)12-16(5)6/h14-16H,8-13,18H2,1-7H3. The van der Waals surface area contributed by atoms with Crippen molar-refractivity contribution in [3.05, 3.63) is 0 Å². The molecule has 0 fully saturated rings. The van der Waals surface area contributed by atoms with Crippen molar-refractivity contribution >= 4 is 0 Å². The molecule has 0 aromatic rings. The van der Waals surface area contributed by atoms with Crippen LogP contribution in [0.4, 0.5) is 0 Å². The number of nitrogens with two attached hydrogens (primary N) is 1. The fraction of sp³-hybridized carbons (Fsp3) is 1.00. The molecule has 122 valence electrons. The molecule has 0 rings (SSSR count). The lowest BCUT2D eigenvalue weighted by Crippen LogP contribution is -2.57. The average Bonchev–Trinajstić information content (AvgIpc) is 2.31. The maximum Gasteiger partial charge on any atom is 0.0589 e. The van der Waals surface area contributed by atoms with Gasteiger partial charge >= 0.3 is 0 Å². The van der Waals surface area contributed by atoms with E-state index in [4.69, 9.17) is 10.5 Å². The highest BCUT2D eigenvalue weighted by Gasteiger charge is 2.36. The van der Waals surface area contributed by atoms with Crippen LogP contribution in [0, 0.1) is 17.8 Å². The van der Waals surface area contributed by atoms with Gasteiger partial charge in [-0.15, -0.1) is 0 Å². The molecular weight excluding hydrogens is 248 g/mol. The third-order valence-electron chi connectivity index (χ3n) is 3.78. The first-order valence-electron chi connectivity index (χ1n) is 8.21. The lowest BCUT2D eigenvalue weighted by molar-refractivity contribution is 0.0220. The van der Waals surface area contributed by atoms with E-state index < -0.39 is 0 Å². The second-order valence-electron chi connectivity index (χ2n) is 7.46. The quantitative estimate of drug-likeness (QED) is 0.633. The van der Waals surface area contributed by atoms with Crippen LogP contribution in [0.25, 0.3) is 0 Å². The lowest BCUT2D eigenvalue weighted by Gasteiger charge is -2.46. The molecule has 0 saturated heterocycles. The molecule has 3 nitrogen and oxygen atoms in total. The Morgan fingerprint density at radius 2 is 1.45 bits per heavy atom. The van der Waals surface area contributed by atoms with Crippen LogP contribution in [0.2, 0.25) is 0 Å². The zero-order valence-electron chi connectivity index (χ0n) is 14.9. The molecule has 3 heteroatoms. The van der Waals surface area contributed by atoms with E-state index in [0.717, 1.165) is 39.1 Å². The van der Waals surface area contributed by atoms with Crippen LogP contribution >= 0.6 is 0 Å². The van der Waals surface area contributed by atoms with Gasteiger partial charge in [-0.25, -0.2) is 0 Å². The Labute approximate surface area is 127 Å². The molecule has 0 saturated carbocycles. The molecule has 0 radical (unpaired) electrons. The Balaban J connectivity index is 5.21. The van der Waals surface area contributed by atoms with Gasteiger partial charge in [0.1, 0.15) is 0 Å². The van der Waals surface area contributed by atoms with Gasteiger partial charge in [-0.1, -0.05) is 41.5 Å². The number of hydrogen-bond donors (Lipinski definition) is 1. The molecule has 0 aliphatic heterocycles. The molecule has 0 heterocycles. The molecule has 0 aliphatic rings. The van der Waals surface area contributed by atoms with Crippen molar-refractivity contribution in [1.82, 2.24) is 4.90 Å². The van der Waals surface area contributed by atoms with E-state index in [9.17, 15) is 0 Å². The monoisotopic (exact) mass is 286 g/mol. The van der Waals surface area contributed by atoms with Crippen LogP contribution in [0.15, 0.2) is 0 Å². The highest BCUT2D eigenvalue weighted by Crippen LogP contribution is 2.31. The first kappa shape index (κ1) is 19.9. The van der Waals surface area contributed by atoms with Gasteiger partial charge in [0.05, 0.1) is 6.61 Å². The van der Waals surface area contributed by atoms with E-state index in [-0.39, 0.29) is 5.54 Å². The van der Waals surface area contributed by atoms with Crippen LogP contribution in [0.5, 0.6) is 0 Å². The summed E-state index contributed by atoms with van der Waals surface area (Å²) in [6, 6.07) is 0. The molecule has 20 heavy (non-hydrogen) atoms. The predicted octanol–water partition coefficient (Wildman–Crippen LogP) is 3.38. The maximum atomic E-state index is 6.27. The van der Waals surface area contributed by atoms with Gasteiger partial charge in [0, 0.05) is 32.3 Å². The zero-order valence-corrected chi connectivity index (χ0v) is 14.9. The average molecular weight is 287 g/mol. The molecule has 0 amide bonds. The van der Waals surface area contributed by atoms with Crippen molar-refractivity contribution in [3.8, 4) is 0 Å². The molecule has 0 aromatic carbocycles. The number of rotatable bonds is 11. The van der Waals surface area contributed by atoms with E-state index in [1.165, 1.54) is 0 Å². The second-order valence-corrected chi connectivity index (χ2v) is 7.46. The number of ether oxygens (including phenoxy) is 1. The maximum absolute atomic E-state index is 6.27. The fourth-order valence-corrected chi connectivity index (χ4v) is 3.32. The summed E-state index contributed by atoms with van der Waals surface area (Å²) in [7, 11) is 1.78. The smallest absolute Gasteiger partial charge is 0.0589 e. The van der Waals surface area contributed by atoms with E-state index in [2.05, 4.69) is 46.4 Å². The SMILES string of the molecule is COCCN(CC(C)C)C(CN)(CC(C)C)CC(C)C. The van der Waals surface area contributed by atoms with Crippen LogP contribution in [0.1, 0.15) is 54.4 Å². The molecule has 0 aliphatic carbocycles. The first-order valence-corrected chi connectivity index (χ1v) is 8.21. The summed E-state index contributed by atoms with van der Waals surface area (Å²) in [6.07, 6.45) is 2.33. The van der Waals surface area contributed by atoms with Gasteiger partial charge in [-0.3, -0.25) is 4.90 Å². The van der Waals surface area contributed by atoms with Gasteiger partial charge in [0.2, 0.25) is 0 Å².